The summed E-state index contributed by atoms with van der Waals surface area (Å²) in [6.45, 7) is 4.23. The smallest absolute Gasteiger partial charge is 0.342 e. The minimum absolute atomic E-state index is 0.0726. The normalized spacial score (nSPS) is 23.7. The molecule has 0 aliphatic carbocycles. The Bertz CT molecular complexity index is 683. The van der Waals surface area contributed by atoms with Crippen LogP contribution in [0.2, 0.25) is 5.02 Å². The number of nitrogens with two attached hydrogens (primary N) is 1. The van der Waals surface area contributed by atoms with Crippen molar-refractivity contribution in [1.82, 2.24) is 4.90 Å². The first-order valence-corrected chi connectivity index (χ1v) is 9.78. The molecule has 2 N–H and O–H groups in total. The zero-order valence-corrected chi connectivity index (χ0v) is 15.6. The first kappa shape index (κ1) is 17.9. The van der Waals surface area contributed by atoms with E-state index in [1.165, 1.54) is 0 Å². The zero-order chi connectivity index (χ0) is 18.1. The fraction of sp³-hybridized carbons (Fsp3) is 0.632. The second-order valence-corrected chi connectivity index (χ2v) is 7.67. The van der Waals surface area contributed by atoms with Gasteiger partial charge in [0, 0.05) is 38.2 Å². The monoisotopic (exact) mass is 380 g/mol. The summed E-state index contributed by atoms with van der Waals surface area (Å²) >= 11 is 6.18. The van der Waals surface area contributed by atoms with E-state index in [1.54, 1.807) is 6.07 Å². The first-order chi connectivity index (χ1) is 12.6. The quantitative estimate of drug-likeness (QED) is 0.639. The molecule has 1 atom stereocenters. The van der Waals surface area contributed by atoms with Crippen LogP contribution in [0.15, 0.2) is 6.07 Å². The van der Waals surface area contributed by atoms with E-state index >= 15 is 0 Å². The molecule has 3 heterocycles. The number of fused-ring (bicyclic) bond motifs is 1. The van der Waals surface area contributed by atoms with Crippen LogP contribution in [0.4, 0.5) is 5.69 Å². The second-order valence-electron chi connectivity index (χ2n) is 7.27. The molecular formula is C19H25ClN2O4. The van der Waals surface area contributed by atoms with Gasteiger partial charge >= 0.3 is 5.97 Å². The molecule has 2 fully saturated rings. The number of nitrogens with zero attached hydrogens (tertiary/aromatic N) is 1. The zero-order valence-electron chi connectivity index (χ0n) is 14.8. The summed E-state index contributed by atoms with van der Waals surface area (Å²) in [5, 5.41) is 0.382. The van der Waals surface area contributed by atoms with Crippen molar-refractivity contribution in [3.05, 3.63) is 22.2 Å². The summed E-state index contributed by atoms with van der Waals surface area (Å²) in [6.07, 6.45) is 4.95. The number of rotatable bonds is 4. The molecule has 1 aromatic rings. The van der Waals surface area contributed by atoms with Crippen LogP contribution in [-0.4, -0.2) is 55.9 Å². The molecule has 0 aromatic heterocycles. The Hall–Kier alpha value is -1.50. The number of carbonyl (C=O) groups excluding carboxylic acids is 1. The average molecular weight is 381 g/mol. The maximum absolute atomic E-state index is 12.7. The first-order valence-electron chi connectivity index (χ1n) is 9.40. The third-order valence-corrected chi connectivity index (χ3v) is 5.80. The number of carbonyl (C=O) groups is 1. The molecule has 2 saturated heterocycles. The van der Waals surface area contributed by atoms with E-state index in [1.807, 2.05) is 0 Å². The highest BCUT2D eigenvalue weighted by atomic mass is 35.5. The van der Waals surface area contributed by atoms with Gasteiger partial charge in [0.15, 0.2) is 0 Å². The molecule has 7 heteroatoms. The molecule has 4 rings (SSSR count). The highest BCUT2D eigenvalue weighted by Gasteiger charge is 2.30. The van der Waals surface area contributed by atoms with Gasteiger partial charge in [-0.05, 0) is 31.7 Å². The largest absolute Gasteiger partial charge is 0.492 e. The summed E-state index contributed by atoms with van der Waals surface area (Å²) < 4.78 is 17.0. The van der Waals surface area contributed by atoms with Gasteiger partial charge in [-0.1, -0.05) is 11.6 Å². The van der Waals surface area contributed by atoms with Gasteiger partial charge in [-0.2, -0.15) is 0 Å². The van der Waals surface area contributed by atoms with Gasteiger partial charge < -0.3 is 24.8 Å². The molecular weight excluding hydrogens is 356 g/mol. The fourth-order valence-electron chi connectivity index (χ4n) is 4.02. The average Bonchev–Trinajstić information content (AvgIpc) is 3.31. The maximum atomic E-state index is 12.7. The molecule has 0 bridgehead atoms. The van der Waals surface area contributed by atoms with Crippen LogP contribution < -0.4 is 10.5 Å². The lowest BCUT2D eigenvalue weighted by atomic mass is 10.0. The Kier molecular flexibility index (Phi) is 5.25. The highest BCUT2D eigenvalue weighted by molar-refractivity contribution is 6.33. The molecule has 1 unspecified atom stereocenters. The third kappa shape index (κ3) is 3.63. The predicted octanol–water partition coefficient (Wildman–Crippen LogP) is 2.66. The van der Waals surface area contributed by atoms with Gasteiger partial charge in [0.1, 0.15) is 17.4 Å². The number of anilines is 1. The van der Waals surface area contributed by atoms with E-state index in [-0.39, 0.29) is 12.1 Å². The Morgan fingerprint density at radius 3 is 2.85 bits per heavy atom. The second kappa shape index (κ2) is 7.62. The van der Waals surface area contributed by atoms with Crippen molar-refractivity contribution in [1.29, 1.82) is 0 Å². The molecule has 3 aliphatic heterocycles. The number of hydrogen-bond acceptors (Lipinski definition) is 6. The van der Waals surface area contributed by atoms with Crippen molar-refractivity contribution in [2.75, 3.05) is 38.6 Å². The maximum Gasteiger partial charge on any atom is 0.342 e. The number of nitrogen functional groups attached to an aromatic ring is 1. The lowest BCUT2D eigenvalue weighted by Gasteiger charge is -2.33. The molecule has 3 aliphatic rings. The molecule has 1 aromatic carbocycles. The summed E-state index contributed by atoms with van der Waals surface area (Å²) in [4.78, 5) is 15.1. The fourth-order valence-corrected chi connectivity index (χ4v) is 4.24. The van der Waals surface area contributed by atoms with E-state index < -0.39 is 0 Å². The molecule has 0 radical (unpaired) electrons. The van der Waals surface area contributed by atoms with Crippen molar-refractivity contribution in [2.45, 2.75) is 44.3 Å². The number of piperidine rings is 1. The van der Waals surface area contributed by atoms with Crippen LogP contribution in [0.1, 0.15) is 41.6 Å². The Morgan fingerprint density at radius 1 is 1.31 bits per heavy atom. The topological polar surface area (TPSA) is 74.0 Å². The van der Waals surface area contributed by atoms with Gasteiger partial charge in [0.05, 0.1) is 23.4 Å². The SMILES string of the molecule is Nc1c(Cl)cc(C(=O)OC2CCN(CC3CCCO3)CC2)c2c1CCO2. The van der Waals surface area contributed by atoms with Crippen LogP contribution in [0, 0.1) is 0 Å². The molecule has 0 saturated carbocycles. The van der Waals surface area contributed by atoms with Crippen molar-refractivity contribution in [2.24, 2.45) is 0 Å². The van der Waals surface area contributed by atoms with Crippen LogP contribution in [0.3, 0.4) is 0 Å². The molecule has 0 amide bonds. The van der Waals surface area contributed by atoms with Crippen LogP contribution >= 0.6 is 11.6 Å². The molecule has 0 spiro atoms. The number of esters is 1. The number of hydrogen-bond donors (Lipinski definition) is 1. The van der Waals surface area contributed by atoms with E-state index in [0.29, 0.717) is 41.2 Å². The molecule has 142 valence electrons. The van der Waals surface area contributed by atoms with Gasteiger partial charge in [-0.25, -0.2) is 4.79 Å². The Morgan fingerprint density at radius 2 is 2.12 bits per heavy atom. The van der Waals surface area contributed by atoms with Crippen molar-refractivity contribution in [3.63, 3.8) is 0 Å². The number of benzene rings is 1. The van der Waals surface area contributed by atoms with Crippen molar-refractivity contribution < 1.29 is 19.0 Å². The minimum atomic E-state index is -0.373. The standard InChI is InChI=1S/C19H25ClN2O4/c20-16-10-15(18-14(17(16)21)5-9-25-18)19(23)26-12-3-6-22(7-4-12)11-13-2-1-8-24-13/h10,12-13H,1-9,11,21H2. The van der Waals surface area contributed by atoms with Gasteiger partial charge in [0.2, 0.25) is 0 Å². The summed E-state index contributed by atoms with van der Waals surface area (Å²) in [7, 11) is 0. The summed E-state index contributed by atoms with van der Waals surface area (Å²) in [5.74, 6) is 0.162. The summed E-state index contributed by atoms with van der Waals surface area (Å²) in [6, 6.07) is 1.57. The van der Waals surface area contributed by atoms with Crippen LogP contribution in [-0.2, 0) is 15.9 Å². The van der Waals surface area contributed by atoms with Gasteiger partial charge in [-0.3, -0.25) is 0 Å². The van der Waals surface area contributed by atoms with E-state index in [2.05, 4.69) is 4.90 Å². The Labute approximate surface area is 158 Å². The molecule has 26 heavy (non-hydrogen) atoms. The number of ether oxygens (including phenoxy) is 3. The van der Waals surface area contributed by atoms with Crippen molar-refractivity contribution in [3.8, 4) is 5.75 Å². The highest BCUT2D eigenvalue weighted by Crippen LogP contribution is 2.39. The Balaban J connectivity index is 1.35. The van der Waals surface area contributed by atoms with E-state index in [0.717, 1.165) is 57.5 Å². The van der Waals surface area contributed by atoms with Crippen LogP contribution in [0.25, 0.3) is 0 Å². The lowest BCUT2D eigenvalue weighted by Crippen LogP contribution is -2.41. The van der Waals surface area contributed by atoms with Gasteiger partial charge in [0.25, 0.3) is 0 Å². The summed E-state index contributed by atoms with van der Waals surface area (Å²) in [5.41, 5.74) is 7.69. The van der Waals surface area contributed by atoms with E-state index in [9.17, 15) is 4.79 Å². The lowest BCUT2D eigenvalue weighted by molar-refractivity contribution is 0.00249. The number of halogens is 1. The minimum Gasteiger partial charge on any atom is -0.492 e. The third-order valence-electron chi connectivity index (χ3n) is 5.48. The van der Waals surface area contributed by atoms with Gasteiger partial charge in [-0.15, -0.1) is 0 Å². The van der Waals surface area contributed by atoms with Crippen molar-refractivity contribution >= 4 is 23.3 Å². The van der Waals surface area contributed by atoms with Crippen LogP contribution in [0.5, 0.6) is 5.75 Å². The predicted molar refractivity (Wildman–Crippen MR) is 98.9 cm³/mol. The van der Waals surface area contributed by atoms with E-state index in [4.69, 9.17) is 31.5 Å². The molecule has 6 nitrogen and oxygen atoms in total. The number of likely N-dealkylation sites (tertiary alicyclic amines) is 1.